The third kappa shape index (κ3) is 11.8. The van der Waals surface area contributed by atoms with Gasteiger partial charge in [0.1, 0.15) is 0 Å². The largest absolute Gasteiger partial charge is 0.356 e. The molecule has 0 aromatic heterocycles. The molecular weight excluding hydrogens is 313 g/mol. The number of hydrogen-bond donors (Lipinski definition) is 2. The van der Waals surface area contributed by atoms with Gasteiger partial charge in [0.2, 0.25) is 0 Å². The van der Waals surface area contributed by atoms with Gasteiger partial charge in [0, 0.05) is 20.1 Å². The van der Waals surface area contributed by atoms with Crippen LogP contribution in [0, 0.1) is 5.41 Å². The van der Waals surface area contributed by atoms with Crippen molar-refractivity contribution in [3.05, 3.63) is 12.7 Å². The van der Waals surface area contributed by atoms with E-state index in [1.807, 2.05) is 6.08 Å². The second-order valence-corrected chi connectivity index (χ2v) is 4.83. The first kappa shape index (κ1) is 18.1. The number of nitrogens with zero attached hydrogens (tertiary/aromatic N) is 1. The molecular formula is C12H26IN3. The highest BCUT2D eigenvalue weighted by atomic mass is 127. The Morgan fingerprint density at radius 2 is 1.94 bits per heavy atom. The van der Waals surface area contributed by atoms with Gasteiger partial charge in [0.15, 0.2) is 5.96 Å². The number of aliphatic imine (C=N–C) groups is 1. The van der Waals surface area contributed by atoms with Crippen LogP contribution in [-0.4, -0.2) is 26.1 Å². The lowest BCUT2D eigenvalue weighted by Gasteiger charge is -2.18. The number of rotatable bonds is 5. The van der Waals surface area contributed by atoms with Crippen LogP contribution in [0.4, 0.5) is 0 Å². The van der Waals surface area contributed by atoms with Crippen molar-refractivity contribution < 1.29 is 0 Å². The van der Waals surface area contributed by atoms with Crippen LogP contribution in [0.25, 0.3) is 0 Å². The van der Waals surface area contributed by atoms with E-state index >= 15 is 0 Å². The fourth-order valence-electron chi connectivity index (χ4n) is 1.21. The van der Waals surface area contributed by atoms with Gasteiger partial charge in [-0.15, -0.1) is 30.6 Å². The molecule has 0 saturated carbocycles. The molecule has 0 amide bonds. The quantitative estimate of drug-likeness (QED) is 0.266. The smallest absolute Gasteiger partial charge is 0.191 e. The molecule has 0 aromatic rings. The zero-order valence-corrected chi connectivity index (χ0v) is 13.3. The van der Waals surface area contributed by atoms with Crippen molar-refractivity contribution in [1.29, 1.82) is 0 Å². The predicted octanol–water partition coefficient (Wildman–Crippen LogP) is 2.78. The standard InChI is InChI=1S/C12H25N3.HI/c1-6-9-14-11(13-5)15-10-7-8-12(2,3)4;/h6H,1,7-10H2,2-5H3,(H2,13,14,15);1H. The van der Waals surface area contributed by atoms with Gasteiger partial charge in [0.25, 0.3) is 0 Å². The number of halogens is 1. The molecule has 0 unspecified atom stereocenters. The van der Waals surface area contributed by atoms with Gasteiger partial charge < -0.3 is 10.6 Å². The summed E-state index contributed by atoms with van der Waals surface area (Å²) in [6.07, 6.45) is 4.21. The van der Waals surface area contributed by atoms with Crippen molar-refractivity contribution in [3.63, 3.8) is 0 Å². The highest BCUT2D eigenvalue weighted by Crippen LogP contribution is 2.19. The molecule has 3 nitrogen and oxygen atoms in total. The normalized spacial score (nSPS) is 11.6. The Bertz CT molecular complexity index is 207. The number of hydrogen-bond acceptors (Lipinski definition) is 1. The van der Waals surface area contributed by atoms with Gasteiger partial charge in [-0.05, 0) is 18.3 Å². The van der Waals surface area contributed by atoms with Gasteiger partial charge in [-0.25, -0.2) is 0 Å². The number of nitrogens with one attached hydrogen (secondary N) is 2. The van der Waals surface area contributed by atoms with Gasteiger partial charge in [0.05, 0.1) is 0 Å². The summed E-state index contributed by atoms with van der Waals surface area (Å²) in [5.41, 5.74) is 0.416. The van der Waals surface area contributed by atoms with Crippen LogP contribution in [0.15, 0.2) is 17.6 Å². The Morgan fingerprint density at radius 1 is 1.31 bits per heavy atom. The molecule has 0 atom stereocenters. The van der Waals surface area contributed by atoms with Crippen LogP contribution in [0.3, 0.4) is 0 Å². The van der Waals surface area contributed by atoms with Crippen LogP contribution in [-0.2, 0) is 0 Å². The molecule has 2 N–H and O–H groups in total. The first-order valence-corrected chi connectivity index (χ1v) is 5.55. The Kier molecular flexibility index (Phi) is 11.2. The second kappa shape index (κ2) is 9.93. The Morgan fingerprint density at radius 3 is 2.38 bits per heavy atom. The molecule has 0 saturated heterocycles. The van der Waals surface area contributed by atoms with Crippen LogP contribution in [0.1, 0.15) is 33.6 Å². The monoisotopic (exact) mass is 339 g/mol. The first-order valence-electron chi connectivity index (χ1n) is 5.55. The van der Waals surface area contributed by atoms with E-state index in [9.17, 15) is 0 Å². The minimum absolute atomic E-state index is 0. The highest BCUT2D eigenvalue weighted by Gasteiger charge is 2.08. The maximum Gasteiger partial charge on any atom is 0.191 e. The lowest BCUT2D eigenvalue weighted by atomic mass is 9.91. The van der Waals surface area contributed by atoms with Crippen LogP contribution >= 0.6 is 24.0 Å². The number of guanidine groups is 1. The zero-order valence-electron chi connectivity index (χ0n) is 11.0. The molecule has 0 aromatic carbocycles. The van der Waals surface area contributed by atoms with Crippen LogP contribution in [0.5, 0.6) is 0 Å². The molecule has 0 aliphatic heterocycles. The molecule has 0 heterocycles. The van der Waals surface area contributed by atoms with E-state index in [0.717, 1.165) is 25.5 Å². The van der Waals surface area contributed by atoms with E-state index in [2.05, 4.69) is 43.0 Å². The molecule has 96 valence electrons. The van der Waals surface area contributed by atoms with Gasteiger partial charge in [-0.3, -0.25) is 4.99 Å². The van der Waals surface area contributed by atoms with Crippen LogP contribution in [0.2, 0.25) is 0 Å². The van der Waals surface area contributed by atoms with E-state index in [4.69, 9.17) is 0 Å². The van der Waals surface area contributed by atoms with Crippen LogP contribution < -0.4 is 10.6 Å². The molecule has 0 fully saturated rings. The predicted molar refractivity (Wildman–Crippen MR) is 83.7 cm³/mol. The SMILES string of the molecule is C=CCNC(=NC)NCCCC(C)(C)C.I. The summed E-state index contributed by atoms with van der Waals surface area (Å²) in [6, 6.07) is 0. The maximum atomic E-state index is 4.11. The van der Waals surface area contributed by atoms with E-state index < -0.39 is 0 Å². The summed E-state index contributed by atoms with van der Waals surface area (Å²) in [7, 11) is 1.78. The average molecular weight is 339 g/mol. The van der Waals surface area contributed by atoms with Crippen molar-refractivity contribution in [2.24, 2.45) is 10.4 Å². The Hall–Kier alpha value is -0.260. The fraction of sp³-hybridized carbons (Fsp3) is 0.750. The highest BCUT2D eigenvalue weighted by molar-refractivity contribution is 14.0. The second-order valence-electron chi connectivity index (χ2n) is 4.83. The summed E-state index contributed by atoms with van der Waals surface area (Å²) < 4.78 is 0. The molecule has 4 heteroatoms. The summed E-state index contributed by atoms with van der Waals surface area (Å²) in [5, 5.41) is 6.41. The minimum atomic E-state index is 0. The molecule has 0 bridgehead atoms. The van der Waals surface area contributed by atoms with E-state index in [1.54, 1.807) is 7.05 Å². The van der Waals surface area contributed by atoms with Gasteiger partial charge >= 0.3 is 0 Å². The average Bonchev–Trinajstić information content (AvgIpc) is 2.15. The molecule has 0 aliphatic rings. The van der Waals surface area contributed by atoms with Gasteiger partial charge in [-0.1, -0.05) is 26.8 Å². The minimum Gasteiger partial charge on any atom is -0.356 e. The third-order valence-corrected chi connectivity index (χ3v) is 2.03. The fourth-order valence-corrected chi connectivity index (χ4v) is 1.21. The molecule has 0 aliphatic carbocycles. The van der Waals surface area contributed by atoms with E-state index in [1.165, 1.54) is 6.42 Å². The Labute approximate surface area is 117 Å². The molecule has 0 spiro atoms. The maximum absolute atomic E-state index is 4.11. The molecule has 0 radical (unpaired) electrons. The summed E-state index contributed by atoms with van der Waals surface area (Å²) in [4.78, 5) is 4.11. The zero-order chi connectivity index (χ0) is 11.7. The topological polar surface area (TPSA) is 36.4 Å². The van der Waals surface area contributed by atoms with Crippen molar-refractivity contribution >= 4 is 29.9 Å². The van der Waals surface area contributed by atoms with E-state index in [0.29, 0.717) is 5.41 Å². The lowest BCUT2D eigenvalue weighted by molar-refractivity contribution is 0.365. The van der Waals surface area contributed by atoms with Crippen molar-refractivity contribution in [3.8, 4) is 0 Å². The lowest BCUT2D eigenvalue weighted by Crippen LogP contribution is -2.37. The third-order valence-electron chi connectivity index (χ3n) is 2.03. The molecule has 16 heavy (non-hydrogen) atoms. The summed E-state index contributed by atoms with van der Waals surface area (Å²) in [5.74, 6) is 0.851. The van der Waals surface area contributed by atoms with E-state index in [-0.39, 0.29) is 24.0 Å². The first-order chi connectivity index (χ1) is 6.99. The van der Waals surface area contributed by atoms with Crippen molar-refractivity contribution in [2.45, 2.75) is 33.6 Å². The molecule has 0 rings (SSSR count). The van der Waals surface area contributed by atoms with Crippen molar-refractivity contribution in [2.75, 3.05) is 20.1 Å². The van der Waals surface area contributed by atoms with Gasteiger partial charge in [-0.2, -0.15) is 0 Å². The summed E-state index contributed by atoms with van der Waals surface area (Å²) >= 11 is 0. The Balaban J connectivity index is 0. The summed E-state index contributed by atoms with van der Waals surface area (Å²) in [6.45, 7) is 12.2. The van der Waals surface area contributed by atoms with Crippen molar-refractivity contribution in [1.82, 2.24) is 10.6 Å².